The lowest BCUT2D eigenvalue weighted by atomic mass is 10.1. The summed E-state index contributed by atoms with van der Waals surface area (Å²) in [5.41, 5.74) is 1.64. The lowest BCUT2D eigenvalue weighted by Crippen LogP contribution is -2.19. The van der Waals surface area contributed by atoms with Crippen LogP contribution in [0.2, 0.25) is 0 Å². The van der Waals surface area contributed by atoms with Crippen LogP contribution in [0, 0.1) is 0 Å². The van der Waals surface area contributed by atoms with Gasteiger partial charge in [-0.05, 0) is 59.5 Å². The largest absolute Gasteiger partial charge is 0.478 e. The molecule has 0 bridgehead atoms. The van der Waals surface area contributed by atoms with Crippen molar-refractivity contribution in [3.05, 3.63) is 108 Å². The summed E-state index contributed by atoms with van der Waals surface area (Å²) in [6.45, 7) is 0. The summed E-state index contributed by atoms with van der Waals surface area (Å²) in [4.78, 5) is 25.2. The first kappa shape index (κ1) is 24.5. The quantitative estimate of drug-likeness (QED) is 0.242. The molecule has 0 spiro atoms. The number of carbonyl (C=O) groups excluding carboxylic acids is 1. The molecule has 0 fully saturated rings. The highest BCUT2D eigenvalue weighted by molar-refractivity contribution is 8.00. The minimum absolute atomic E-state index is 0.0762. The molecule has 1 heterocycles. The Morgan fingerprint density at radius 2 is 1.60 bits per heavy atom. The normalized spacial score (nSPS) is 12.0. The Labute approximate surface area is 210 Å². The fourth-order valence-electron chi connectivity index (χ4n) is 3.20. The molecule has 4 rings (SSSR count). The van der Waals surface area contributed by atoms with E-state index in [9.17, 15) is 23.1 Å². The van der Waals surface area contributed by atoms with E-state index in [2.05, 4.69) is 10.0 Å². The van der Waals surface area contributed by atoms with Gasteiger partial charge in [0.15, 0.2) is 0 Å². The first-order valence-electron chi connectivity index (χ1n) is 10.3. The van der Waals surface area contributed by atoms with Crippen molar-refractivity contribution in [2.24, 2.45) is 0 Å². The van der Waals surface area contributed by atoms with Crippen molar-refractivity contribution in [1.29, 1.82) is 0 Å². The standard InChI is InChI=1S/C25H20N2O5S3/c28-24(26-20-9-4-8-18(16-20)25(29)30)23(17-6-2-1-3-7-17)34-21-13-11-19(12-14-21)27-35(31,32)22-10-5-15-33-22/h1-16,23,27H,(H,26,28)(H,29,30). The summed E-state index contributed by atoms with van der Waals surface area (Å²) in [6, 6.07) is 25.2. The third kappa shape index (κ3) is 6.30. The average molecular weight is 525 g/mol. The van der Waals surface area contributed by atoms with Crippen LogP contribution >= 0.6 is 23.1 Å². The highest BCUT2D eigenvalue weighted by atomic mass is 32.2. The van der Waals surface area contributed by atoms with Crippen molar-refractivity contribution in [3.8, 4) is 0 Å². The predicted molar refractivity (Wildman–Crippen MR) is 139 cm³/mol. The number of hydrogen-bond donors (Lipinski definition) is 3. The zero-order valence-corrected chi connectivity index (χ0v) is 20.6. The van der Waals surface area contributed by atoms with Crippen LogP contribution in [0.25, 0.3) is 0 Å². The maximum atomic E-state index is 13.2. The molecular weight excluding hydrogens is 504 g/mol. The highest BCUT2D eigenvalue weighted by Crippen LogP contribution is 2.37. The van der Waals surface area contributed by atoms with Crippen LogP contribution in [0.5, 0.6) is 0 Å². The molecule has 0 saturated heterocycles. The maximum Gasteiger partial charge on any atom is 0.335 e. The molecule has 1 unspecified atom stereocenters. The topological polar surface area (TPSA) is 113 Å². The number of hydrogen-bond acceptors (Lipinski definition) is 6. The number of carboxylic acid groups (broad SMARTS) is 1. The first-order valence-corrected chi connectivity index (χ1v) is 13.6. The lowest BCUT2D eigenvalue weighted by Gasteiger charge is -2.17. The van der Waals surface area contributed by atoms with Gasteiger partial charge in [0.25, 0.3) is 10.0 Å². The molecule has 178 valence electrons. The molecule has 1 amide bonds. The second-order valence-electron chi connectivity index (χ2n) is 7.35. The molecule has 7 nitrogen and oxygen atoms in total. The number of thioether (sulfide) groups is 1. The zero-order valence-electron chi connectivity index (χ0n) is 18.1. The SMILES string of the molecule is O=C(O)c1cccc(NC(=O)C(Sc2ccc(NS(=O)(=O)c3cccs3)cc2)c2ccccc2)c1. The van der Waals surface area contributed by atoms with Gasteiger partial charge in [-0.2, -0.15) is 0 Å². The van der Waals surface area contributed by atoms with Crippen molar-refractivity contribution in [2.45, 2.75) is 14.4 Å². The Bertz CT molecular complexity index is 1420. The van der Waals surface area contributed by atoms with Crippen LogP contribution in [0.3, 0.4) is 0 Å². The van der Waals surface area contributed by atoms with E-state index >= 15 is 0 Å². The minimum Gasteiger partial charge on any atom is -0.478 e. The number of aromatic carboxylic acids is 1. The number of sulfonamides is 1. The highest BCUT2D eigenvalue weighted by Gasteiger charge is 2.23. The van der Waals surface area contributed by atoms with Crippen molar-refractivity contribution in [3.63, 3.8) is 0 Å². The Morgan fingerprint density at radius 3 is 2.26 bits per heavy atom. The number of nitrogens with one attached hydrogen (secondary N) is 2. The summed E-state index contributed by atoms with van der Waals surface area (Å²) < 4.78 is 27.7. The number of amides is 1. The summed E-state index contributed by atoms with van der Waals surface area (Å²) in [7, 11) is -3.65. The summed E-state index contributed by atoms with van der Waals surface area (Å²) in [6.07, 6.45) is 0. The van der Waals surface area contributed by atoms with E-state index in [4.69, 9.17) is 0 Å². The van der Waals surface area contributed by atoms with Crippen LogP contribution in [0.4, 0.5) is 11.4 Å². The molecule has 0 aliphatic carbocycles. The lowest BCUT2D eigenvalue weighted by molar-refractivity contribution is -0.115. The first-order chi connectivity index (χ1) is 16.8. The smallest absolute Gasteiger partial charge is 0.335 e. The van der Waals surface area contributed by atoms with Crippen molar-refractivity contribution >= 4 is 56.4 Å². The number of rotatable bonds is 9. The Balaban J connectivity index is 1.52. The fourth-order valence-corrected chi connectivity index (χ4v) is 6.27. The molecule has 10 heteroatoms. The van der Waals surface area contributed by atoms with Crippen LogP contribution < -0.4 is 10.0 Å². The summed E-state index contributed by atoms with van der Waals surface area (Å²) >= 11 is 2.43. The molecule has 4 aromatic rings. The minimum atomic E-state index is -3.65. The van der Waals surface area contributed by atoms with Crippen LogP contribution in [-0.4, -0.2) is 25.4 Å². The van der Waals surface area contributed by atoms with Gasteiger partial charge in [-0.3, -0.25) is 9.52 Å². The van der Waals surface area contributed by atoms with Gasteiger partial charge in [0, 0.05) is 16.3 Å². The number of carbonyl (C=O) groups is 2. The Morgan fingerprint density at radius 1 is 0.857 bits per heavy atom. The average Bonchev–Trinajstić information content (AvgIpc) is 3.40. The summed E-state index contributed by atoms with van der Waals surface area (Å²) in [5, 5.41) is 13.1. The molecule has 0 radical (unpaired) electrons. The molecule has 0 aliphatic heterocycles. The van der Waals surface area contributed by atoms with Crippen LogP contribution in [0.1, 0.15) is 21.2 Å². The molecule has 3 aromatic carbocycles. The van der Waals surface area contributed by atoms with Crippen LogP contribution in [-0.2, 0) is 14.8 Å². The van der Waals surface area contributed by atoms with Gasteiger partial charge in [-0.25, -0.2) is 13.2 Å². The second kappa shape index (κ2) is 10.8. The van der Waals surface area contributed by atoms with E-state index in [0.29, 0.717) is 11.4 Å². The predicted octanol–water partition coefficient (Wildman–Crippen LogP) is 5.72. The zero-order chi connectivity index (χ0) is 24.8. The van der Waals surface area contributed by atoms with Gasteiger partial charge in [-0.15, -0.1) is 23.1 Å². The number of thiophene rings is 1. The van der Waals surface area contributed by atoms with E-state index in [-0.39, 0.29) is 15.7 Å². The Kier molecular flexibility index (Phi) is 7.54. The third-order valence-electron chi connectivity index (χ3n) is 4.84. The van der Waals surface area contributed by atoms with Gasteiger partial charge in [0.05, 0.1) is 5.56 Å². The van der Waals surface area contributed by atoms with E-state index in [0.717, 1.165) is 21.8 Å². The molecule has 0 saturated carbocycles. The van der Waals surface area contributed by atoms with E-state index in [1.807, 2.05) is 30.3 Å². The number of benzene rings is 3. The van der Waals surface area contributed by atoms with Crippen molar-refractivity contribution in [2.75, 3.05) is 10.0 Å². The number of anilines is 2. The van der Waals surface area contributed by atoms with E-state index in [1.54, 1.807) is 47.8 Å². The van der Waals surface area contributed by atoms with Gasteiger partial charge in [0.1, 0.15) is 9.46 Å². The van der Waals surface area contributed by atoms with Gasteiger partial charge < -0.3 is 10.4 Å². The van der Waals surface area contributed by atoms with Gasteiger partial charge in [0.2, 0.25) is 5.91 Å². The molecule has 35 heavy (non-hydrogen) atoms. The molecule has 3 N–H and O–H groups in total. The second-order valence-corrected chi connectivity index (χ2v) is 11.4. The third-order valence-corrected chi connectivity index (χ3v) is 8.88. The molecule has 0 aliphatic rings. The van der Waals surface area contributed by atoms with Gasteiger partial charge in [-0.1, -0.05) is 42.5 Å². The monoisotopic (exact) mass is 524 g/mol. The van der Waals surface area contributed by atoms with Crippen LogP contribution in [0.15, 0.2) is 105 Å². The van der Waals surface area contributed by atoms with Crippen molar-refractivity contribution in [1.82, 2.24) is 0 Å². The van der Waals surface area contributed by atoms with E-state index in [1.165, 1.54) is 30.0 Å². The molecule has 1 atom stereocenters. The summed E-state index contributed by atoms with van der Waals surface area (Å²) in [5.74, 6) is -1.39. The van der Waals surface area contributed by atoms with Crippen molar-refractivity contribution < 1.29 is 23.1 Å². The maximum absolute atomic E-state index is 13.2. The number of carboxylic acids is 1. The molecule has 1 aromatic heterocycles. The van der Waals surface area contributed by atoms with Gasteiger partial charge >= 0.3 is 5.97 Å². The van der Waals surface area contributed by atoms with E-state index < -0.39 is 21.2 Å². The fraction of sp³-hybridized carbons (Fsp3) is 0.0400. The molecular formula is C25H20N2O5S3. The Hall–Kier alpha value is -3.60.